The van der Waals surface area contributed by atoms with Gasteiger partial charge in [0.15, 0.2) is 0 Å². The van der Waals surface area contributed by atoms with E-state index in [1.807, 2.05) is 13.8 Å². The van der Waals surface area contributed by atoms with Gasteiger partial charge in [-0.15, -0.1) is 0 Å². The molecule has 0 spiro atoms. The lowest BCUT2D eigenvalue weighted by Gasteiger charge is -2.05. The highest BCUT2D eigenvalue weighted by Crippen LogP contribution is 2.23. The van der Waals surface area contributed by atoms with Gasteiger partial charge in [0, 0.05) is 23.4 Å². The molecule has 18 heavy (non-hydrogen) atoms. The smallest absolute Gasteiger partial charge is 0.270 e. The van der Waals surface area contributed by atoms with Crippen LogP contribution in [-0.4, -0.2) is 14.9 Å². The van der Waals surface area contributed by atoms with Crippen LogP contribution in [0, 0.1) is 28.6 Å². The first-order valence-corrected chi connectivity index (χ1v) is 5.72. The van der Waals surface area contributed by atoms with Crippen molar-refractivity contribution >= 4 is 17.9 Å². The van der Waals surface area contributed by atoms with Crippen LogP contribution in [0.25, 0.3) is 11.3 Å². The van der Waals surface area contributed by atoms with Crippen molar-refractivity contribution in [1.29, 1.82) is 0 Å². The molecule has 0 aliphatic carbocycles. The number of benzene rings is 1. The number of hydrogen-bond acceptors (Lipinski definition) is 4. The summed E-state index contributed by atoms with van der Waals surface area (Å²) in [6.07, 6.45) is 0. The predicted octanol–water partition coefficient (Wildman–Crippen LogP) is 3.33. The minimum Gasteiger partial charge on any atom is -0.347 e. The van der Waals surface area contributed by atoms with Crippen molar-refractivity contribution in [3.63, 3.8) is 0 Å². The van der Waals surface area contributed by atoms with Gasteiger partial charge in [-0.25, -0.2) is 4.98 Å². The fourth-order valence-electron chi connectivity index (χ4n) is 1.58. The summed E-state index contributed by atoms with van der Waals surface area (Å²) in [5.41, 5.74) is 2.96. The van der Waals surface area contributed by atoms with Crippen LogP contribution in [0.5, 0.6) is 0 Å². The minimum atomic E-state index is -0.433. The van der Waals surface area contributed by atoms with Crippen molar-refractivity contribution < 1.29 is 4.92 Å². The number of nitro benzene ring substituents is 1. The number of nitro groups is 1. The molecule has 0 amide bonds. The van der Waals surface area contributed by atoms with E-state index in [2.05, 4.69) is 9.97 Å². The molecule has 5 nitrogen and oxygen atoms in total. The van der Waals surface area contributed by atoms with Crippen molar-refractivity contribution in [2.75, 3.05) is 0 Å². The van der Waals surface area contributed by atoms with Crippen LogP contribution in [0.2, 0.25) is 0 Å². The summed E-state index contributed by atoms with van der Waals surface area (Å²) in [6.45, 7) is 3.75. The monoisotopic (exact) mass is 261 g/mol. The topological polar surface area (TPSA) is 71.8 Å². The van der Waals surface area contributed by atoms with Gasteiger partial charge in [0.1, 0.15) is 10.3 Å². The standard InChI is InChI=1S/C12H11N3O2S/c1-7-8(2)14-12(18)11(13-7)9-4-3-5-10(6-9)15(16)17/h3-6H,1-2H3,(H,14,18). The van der Waals surface area contributed by atoms with E-state index >= 15 is 0 Å². The van der Waals surface area contributed by atoms with Crippen molar-refractivity contribution in [3.05, 3.63) is 50.4 Å². The third kappa shape index (κ3) is 2.28. The number of nitrogens with zero attached hydrogens (tertiary/aromatic N) is 2. The zero-order chi connectivity index (χ0) is 13.3. The molecule has 1 heterocycles. The maximum Gasteiger partial charge on any atom is 0.270 e. The Labute approximate surface area is 109 Å². The van der Waals surface area contributed by atoms with E-state index in [9.17, 15) is 10.1 Å². The van der Waals surface area contributed by atoms with Gasteiger partial charge in [-0.3, -0.25) is 10.1 Å². The third-order valence-corrected chi connectivity index (χ3v) is 2.96. The molecule has 0 radical (unpaired) electrons. The molecule has 0 fully saturated rings. The predicted molar refractivity (Wildman–Crippen MR) is 71.0 cm³/mol. The highest BCUT2D eigenvalue weighted by Gasteiger charge is 2.10. The van der Waals surface area contributed by atoms with Crippen LogP contribution in [0.1, 0.15) is 11.4 Å². The summed E-state index contributed by atoms with van der Waals surface area (Å²) in [5, 5.41) is 10.7. The fourth-order valence-corrected chi connectivity index (χ4v) is 1.90. The van der Waals surface area contributed by atoms with Gasteiger partial charge in [-0.2, -0.15) is 0 Å². The van der Waals surface area contributed by atoms with E-state index in [-0.39, 0.29) is 5.69 Å². The summed E-state index contributed by atoms with van der Waals surface area (Å²) in [5.74, 6) is 0. The number of rotatable bonds is 2. The molecule has 0 bridgehead atoms. The maximum absolute atomic E-state index is 10.7. The molecular weight excluding hydrogens is 250 g/mol. The van der Waals surface area contributed by atoms with Gasteiger partial charge >= 0.3 is 0 Å². The van der Waals surface area contributed by atoms with Crippen LogP contribution >= 0.6 is 12.2 Å². The summed E-state index contributed by atoms with van der Waals surface area (Å²) >= 11 is 5.20. The zero-order valence-corrected chi connectivity index (χ0v) is 10.7. The van der Waals surface area contributed by atoms with Crippen LogP contribution < -0.4 is 0 Å². The number of nitrogens with one attached hydrogen (secondary N) is 1. The van der Waals surface area contributed by atoms with E-state index in [1.165, 1.54) is 12.1 Å². The molecule has 2 rings (SSSR count). The van der Waals surface area contributed by atoms with Crippen molar-refractivity contribution in [3.8, 4) is 11.3 Å². The van der Waals surface area contributed by atoms with Crippen molar-refractivity contribution in [2.45, 2.75) is 13.8 Å². The molecule has 0 saturated heterocycles. The summed E-state index contributed by atoms with van der Waals surface area (Å²) in [7, 11) is 0. The Morgan fingerprint density at radius 3 is 2.78 bits per heavy atom. The lowest BCUT2D eigenvalue weighted by Crippen LogP contribution is -1.96. The average molecular weight is 261 g/mol. The van der Waals surface area contributed by atoms with Gasteiger partial charge in [0.05, 0.1) is 10.6 Å². The summed E-state index contributed by atoms with van der Waals surface area (Å²) < 4.78 is 0.485. The number of non-ortho nitro benzene ring substituents is 1. The molecule has 1 N–H and O–H groups in total. The maximum atomic E-state index is 10.7. The van der Waals surface area contributed by atoms with E-state index in [0.29, 0.717) is 15.9 Å². The largest absolute Gasteiger partial charge is 0.347 e. The third-order valence-electron chi connectivity index (χ3n) is 2.67. The van der Waals surface area contributed by atoms with E-state index in [1.54, 1.807) is 12.1 Å². The average Bonchev–Trinajstić information content (AvgIpc) is 2.34. The Morgan fingerprint density at radius 1 is 1.39 bits per heavy atom. The molecule has 0 atom stereocenters. The molecule has 1 aromatic carbocycles. The summed E-state index contributed by atoms with van der Waals surface area (Å²) in [4.78, 5) is 17.7. The molecule has 0 aliphatic heterocycles. The Bertz CT molecular complexity index is 679. The molecule has 0 saturated carbocycles. The zero-order valence-electron chi connectivity index (χ0n) is 9.93. The first kappa shape index (κ1) is 12.4. The number of aryl methyl sites for hydroxylation is 2. The van der Waals surface area contributed by atoms with Crippen molar-refractivity contribution in [2.24, 2.45) is 0 Å². The number of hydrogen-bond donors (Lipinski definition) is 1. The van der Waals surface area contributed by atoms with Gasteiger partial charge in [0.25, 0.3) is 5.69 Å². The quantitative estimate of drug-likeness (QED) is 0.511. The number of aromatic amines is 1. The highest BCUT2D eigenvalue weighted by atomic mass is 32.1. The van der Waals surface area contributed by atoms with Crippen LogP contribution in [-0.2, 0) is 0 Å². The second-order valence-electron chi connectivity index (χ2n) is 3.93. The lowest BCUT2D eigenvalue weighted by atomic mass is 10.1. The van der Waals surface area contributed by atoms with Crippen molar-refractivity contribution in [1.82, 2.24) is 9.97 Å². The van der Waals surface area contributed by atoms with Gasteiger partial charge in [-0.05, 0) is 13.8 Å². The Balaban J connectivity index is 2.62. The molecule has 6 heteroatoms. The SMILES string of the molecule is Cc1nc(-c2cccc([N+](=O)[O-])c2)c(=S)[nH]c1C. The minimum absolute atomic E-state index is 0.0296. The van der Waals surface area contributed by atoms with Crippen LogP contribution in [0.3, 0.4) is 0 Å². The molecule has 0 aliphatic rings. The fraction of sp³-hybridized carbons (Fsp3) is 0.167. The molecule has 0 unspecified atom stereocenters. The Kier molecular flexibility index (Phi) is 3.20. The second-order valence-corrected chi connectivity index (χ2v) is 4.34. The number of aromatic nitrogens is 2. The summed E-state index contributed by atoms with van der Waals surface area (Å²) in [6, 6.07) is 6.30. The highest BCUT2D eigenvalue weighted by molar-refractivity contribution is 7.71. The first-order valence-electron chi connectivity index (χ1n) is 5.31. The van der Waals surface area contributed by atoms with E-state index < -0.39 is 4.92 Å². The lowest BCUT2D eigenvalue weighted by molar-refractivity contribution is -0.384. The molecule has 2 aromatic rings. The van der Waals surface area contributed by atoms with Crippen LogP contribution in [0.4, 0.5) is 5.69 Å². The number of H-pyrrole nitrogens is 1. The normalized spacial score (nSPS) is 10.3. The van der Waals surface area contributed by atoms with Crippen LogP contribution in [0.15, 0.2) is 24.3 Å². The molecule has 1 aromatic heterocycles. The van der Waals surface area contributed by atoms with Gasteiger partial charge < -0.3 is 4.98 Å². The van der Waals surface area contributed by atoms with E-state index in [4.69, 9.17) is 12.2 Å². The molecular formula is C12H11N3O2S. The first-order chi connectivity index (χ1) is 8.49. The van der Waals surface area contributed by atoms with E-state index in [0.717, 1.165) is 11.4 Å². The molecule has 92 valence electrons. The van der Waals surface area contributed by atoms with Gasteiger partial charge in [0.2, 0.25) is 0 Å². The second kappa shape index (κ2) is 4.66. The Hall–Kier alpha value is -2.08. The van der Waals surface area contributed by atoms with Gasteiger partial charge in [-0.1, -0.05) is 24.4 Å². The Morgan fingerprint density at radius 2 is 2.11 bits per heavy atom.